The second-order valence-corrected chi connectivity index (χ2v) is 13.8. The van der Waals surface area contributed by atoms with Gasteiger partial charge in [-0.2, -0.15) is 0 Å². The van der Waals surface area contributed by atoms with Crippen molar-refractivity contribution in [3.63, 3.8) is 0 Å². The monoisotopic (exact) mass is 562 g/mol. The molecule has 4 unspecified atom stereocenters. The summed E-state index contributed by atoms with van der Waals surface area (Å²) >= 11 is 0. The summed E-state index contributed by atoms with van der Waals surface area (Å²) in [7, 11) is -3.63. The molecule has 212 valence electrons. The van der Waals surface area contributed by atoms with Crippen LogP contribution in [0.4, 0.5) is 0 Å². The van der Waals surface area contributed by atoms with Crippen LogP contribution < -0.4 is 10.5 Å². The molecule has 4 rings (SSSR count). The van der Waals surface area contributed by atoms with Crippen molar-refractivity contribution in [1.29, 1.82) is 0 Å². The molecule has 8 atom stereocenters. The number of phenols is 1. The van der Waals surface area contributed by atoms with E-state index < -0.39 is 79.6 Å². The first-order valence-corrected chi connectivity index (χ1v) is 14.5. The van der Waals surface area contributed by atoms with Crippen LogP contribution in [0.1, 0.15) is 55.6 Å². The van der Waals surface area contributed by atoms with Gasteiger partial charge >= 0.3 is 0 Å². The second-order valence-electron chi connectivity index (χ2n) is 12.1. The predicted molar refractivity (Wildman–Crippen MR) is 138 cm³/mol. The van der Waals surface area contributed by atoms with Crippen molar-refractivity contribution in [2.75, 3.05) is 6.26 Å². The van der Waals surface area contributed by atoms with Crippen molar-refractivity contribution >= 4 is 27.5 Å². The van der Waals surface area contributed by atoms with Crippen molar-refractivity contribution in [2.24, 2.45) is 40.2 Å². The number of primary amides is 1. The van der Waals surface area contributed by atoms with Crippen molar-refractivity contribution in [1.82, 2.24) is 4.72 Å². The van der Waals surface area contributed by atoms with Crippen molar-refractivity contribution in [2.45, 2.75) is 58.3 Å². The number of fused-ring (bicyclic) bond motifs is 3. The number of nitrogens with two attached hydrogens (primary N) is 1. The van der Waals surface area contributed by atoms with Crippen LogP contribution in [0.3, 0.4) is 0 Å². The maximum Gasteiger partial charge on any atom is 0.236 e. The van der Waals surface area contributed by atoms with E-state index in [9.17, 15) is 43.2 Å². The number of carbonyl (C=O) groups is 3. The van der Waals surface area contributed by atoms with Gasteiger partial charge in [0.2, 0.25) is 15.9 Å². The summed E-state index contributed by atoms with van der Waals surface area (Å²) in [6.07, 6.45) is -2.50. The molecule has 1 aromatic rings. The number of sulfonamides is 1. The van der Waals surface area contributed by atoms with Gasteiger partial charge in [-0.1, -0.05) is 27.7 Å². The highest BCUT2D eigenvalue weighted by Crippen LogP contribution is 2.65. The Morgan fingerprint density at radius 3 is 2.36 bits per heavy atom. The van der Waals surface area contributed by atoms with Gasteiger partial charge < -0.3 is 26.2 Å². The van der Waals surface area contributed by atoms with Crippen LogP contribution >= 0.6 is 0 Å². The van der Waals surface area contributed by atoms with Crippen LogP contribution in [0.5, 0.6) is 5.75 Å². The normalized spacial score (nSPS) is 37.7. The molecule has 11 nitrogen and oxygen atoms in total. The Morgan fingerprint density at radius 1 is 1.21 bits per heavy atom. The van der Waals surface area contributed by atoms with Gasteiger partial charge in [-0.15, -0.1) is 0 Å². The summed E-state index contributed by atoms with van der Waals surface area (Å²) in [6, 6.07) is 5.00. The van der Waals surface area contributed by atoms with Gasteiger partial charge in [0, 0.05) is 17.0 Å². The minimum absolute atomic E-state index is 0.00928. The van der Waals surface area contributed by atoms with E-state index in [2.05, 4.69) is 16.7 Å². The summed E-state index contributed by atoms with van der Waals surface area (Å²) in [5, 5.41) is 45.6. The van der Waals surface area contributed by atoms with Crippen LogP contribution in [0.2, 0.25) is 0 Å². The highest BCUT2D eigenvalue weighted by molar-refractivity contribution is 7.88. The Hall–Kier alpha value is -2.98. The van der Waals surface area contributed by atoms with Crippen LogP contribution in [-0.4, -0.2) is 70.4 Å². The Balaban J connectivity index is 1.93. The van der Waals surface area contributed by atoms with Crippen LogP contribution in [0.15, 0.2) is 12.1 Å². The molecular weight excluding hydrogens is 528 g/mol. The zero-order chi connectivity index (χ0) is 29.5. The second kappa shape index (κ2) is 9.02. The lowest BCUT2D eigenvalue weighted by molar-refractivity contribution is -0.265. The maximum absolute atomic E-state index is 14.0. The minimum Gasteiger partial charge on any atom is -0.507 e. The average molecular weight is 563 g/mol. The first kappa shape index (κ1) is 29.0. The number of carbonyl (C=O) groups excluding carboxylic acids is 3. The zero-order valence-corrected chi connectivity index (χ0v) is 23.2. The van der Waals surface area contributed by atoms with E-state index in [-0.39, 0.29) is 29.9 Å². The van der Waals surface area contributed by atoms with E-state index >= 15 is 0 Å². The number of aliphatic hydroxyl groups is 3. The minimum atomic E-state index is -3.63. The third-order valence-corrected chi connectivity index (χ3v) is 9.57. The number of nitrogens with one attached hydrogen (secondary N) is 1. The van der Waals surface area contributed by atoms with E-state index in [1.165, 1.54) is 12.1 Å². The number of ketones is 2. The van der Waals surface area contributed by atoms with Gasteiger partial charge in [0.05, 0.1) is 23.8 Å². The molecule has 2 fully saturated rings. The van der Waals surface area contributed by atoms with Crippen molar-refractivity contribution < 1.29 is 43.2 Å². The third-order valence-electron chi connectivity index (χ3n) is 9.10. The van der Waals surface area contributed by atoms with Crippen molar-refractivity contribution in [3.05, 3.63) is 28.8 Å². The lowest BCUT2D eigenvalue weighted by Gasteiger charge is -2.66. The van der Waals surface area contributed by atoms with Gasteiger partial charge in [0.25, 0.3) is 0 Å². The average Bonchev–Trinajstić information content (AvgIpc) is 2.76. The lowest BCUT2D eigenvalue weighted by atomic mass is 9.39. The molecule has 0 spiro atoms. The molecule has 12 heteroatoms. The summed E-state index contributed by atoms with van der Waals surface area (Å²) in [4.78, 5) is 39.9. The smallest absolute Gasteiger partial charge is 0.236 e. The number of phenolic OH excluding ortho intramolecular Hbond substituents is 1. The molecule has 1 amide bonds. The Kier molecular flexibility index (Phi) is 6.71. The number of hydrogen-bond donors (Lipinski definition) is 6. The van der Waals surface area contributed by atoms with E-state index in [4.69, 9.17) is 5.73 Å². The van der Waals surface area contributed by atoms with Crippen LogP contribution in [0.25, 0.3) is 0 Å². The molecule has 3 aliphatic carbocycles. The third kappa shape index (κ3) is 4.06. The molecule has 0 aliphatic heterocycles. The summed E-state index contributed by atoms with van der Waals surface area (Å²) in [6.45, 7) is 6.81. The Bertz CT molecular complexity index is 1440. The number of hydrogen-bond acceptors (Lipinski definition) is 9. The number of benzene rings is 1. The van der Waals surface area contributed by atoms with E-state index in [0.717, 1.165) is 6.26 Å². The van der Waals surface area contributed by atoms with Crippen molar-refractivity contribution in [3.8, 4) is 17.7 Å². The molecule has 0 bridgehead atoms. The molecule has 2 saturated carbocycles. The Morgan fingerprint density at radius 2 is 1.82 bits per heavy atom. The van der Waals surface area contributed by atoms with Gasteiger partial charge in [-0.25, -0.2) is 13.1 Å². The molecular formula is C27H34N2O9S. The molecule has 0 radical (unpaired) electrons. The van der Waals surface area contributed by atoms with Crippen LogP contribution in [-0.2, 0) is 26.0 Å². The molecule has 3 aliphatic rings. The fraction of sp³-hybridized carbons (Fsp3) is 0.593. The molecule has 0 saturated heterocycles. The van der Waals surface area contributed by atoms with E-state index in [1.807, 2.05) is 0 Å². The standard InChI is InChI=1S/C27H34N2O9S/c1-12(2)18-21(32)17(24(28)35)22(33)27(36)23(34)19-20(31)16-14(10-25(19,3)11-26(18,27)4)13(6-7-15(16)30)8-9-29-39(5,37)38/h6-7,12,17-19,21,23,29-30,32,34,36H,10-11H2,1-5H3,(H2,28,35)/t17?,18-,19?,21?,23?,25+,26+,27-/m0/s1. The van der Waals surface area contributed by atoms with Gasteiger partial charge in [0.15, 0.2) is 17.2 Å². The maximum atomic E-state index is 14.0. The number of aliphatic hydroxyl groups excluding tert-OH is 2. The largest absolute Gasteiger partial charge is 0.507 e. The molecule has 0 aromatic heterocycles. The summed E-state index contributed by atoms with van der Waals surface area (Å²) in [5.74, 6) is -5.08. The molecule has 1 aromatic carbocycles. The number of amides is 1. The molecule has 39 heavy (non-hydrogen) atoms. The van der Waals surface area contributed by atoms with Gasteiger partial charge in [-0.05, 0) is 53.7 Å². The van der Waals surface area contributed by atoms with Gasteiger partial charge in [0.1, 0.15) is 17.8 Å². The topological polar surface area (TPSA) is 204 Å². The molecule has 7 N–H and O–H groups in total. The highest BCUT2D eigenvalue weighted by atomic mass is 32.2. The Labute approximate surface area is 226 Å². The fourth-order valence-corrected chi connectivity index (χ4v) is 8.07. The van der Waals surface area contributed by atoms with E-state index in [1.54, 1.807) is 27.7 Å². The number of rotatable bonds is 3. The molecule has 0 heterocycles. The summed E-state index contributed by atoms with van der Waals surface area (Å²) < 4.78 is 25.0. The quantitative estimate of drug-likeness (QED) is 0.158. The first-order valence-electron chi connectivity index (χ1n) is 12.6. The lowest BCUT2D eigenvalue weighted by Crippen LogP contribution is -2.79. The van der Waals surface area contributed by atoms with Crippen LogP contribution in [0, 0.1) is 46.5 Å². The van der Waals surface area contributed by atoms with E-state index in [0.29, 0.717) is 5.56 Å². The summed E-state index contributed by atoms with van der Waals surface area (Å²) in [5.41, 5.74) is 0.765. The zero-order valence-electron chi connectivity index (χ0n) is 22.3. The highest BCUT2D eigenvalue weighted by Gasteiger charge is 2.75. The first-order chi connectivity index (χ1) is 17.8. The number of Topliss-reactive ketones (excluding diaryl/α,β-unsaturated/α-hetero) is 2. The SMILES string of the molecule is CC(C)[C@H]1C(O)C(C(N)=O)C(=O)[C@]2(O)C(O)C3C(=O)c4c(O)ccc(C#CNS(C)(=O)=O)c4C[C@]3(C)C[C@]12C. The number of aromatic hydroxyl groups is 1. The van der Waals surface area contributed by atoms with Gasteiger partial charge in [-0.3, -0.25) is 14.4 Å². The fourth-order valence-electron chi connectivity index (χ4n) is 7.84. The predicted octanol–water partition coefficient (Wildman–Crippen LogP) is -0.569.